The molecule has 2 aliphatic rings. The van der Waals surface area contributed by atoms with Crippen molar-refractivity contribution in [1.29, 1.82) is 0 Å². The third kappa shape index (κ3) is 4.11. The summed E-state index contributed by atoms with van der Waals surface area (Å²) in [6, 6.07) is 3.26. The lowest BCUT2D eigenvalue weighted by atomic mass is 10.1. The predicted molar refractivity (Wildman–Crippen MR) is 93.7 cm³/mol. The third-order valence-electron chi connectivity index (χ3n) is 3.34. The van der Waals surface area contributed by atoms with Gasteiger partial charge in [0, 0.05) is 18.6 Å². The molecular weight excluding hydrogens is 364 g/mol. The van der Waals surface area contributed by atoms with Gasteiger partial charge >= 0.3 is 5.97 Å². The first-order valence-electron chi connectivity index (χ1n) is 7.44. The second-order valence-electron chi connectivity index (χ2n) is 5.32. The van der Waals surface area contributed by atoms with Crippen LogP contribution in [0.3, 0.4) is 0 Å². The topological polar surface area (TPSA) is 139 Å². The van der Waals surface area contributed by atoms with Gasteiger partial charge in [-0.25, -0.2) is 0 Å². The number of nitrogens with one attached hydrogen (secondary N) is 2. The van der Waals surface area contributed by atoms with Gasteiger partial charge in [0.05, 0.1) is 18.3 Å². The molecule has 0 aromatic heterocycles. The first-order chi connectivity index (χ1) is 12.4. The van der Waals surface area contributed by atoms with E-state index in [0.717, 1.165) is 11.8 Å². The molecule has 26 heavy (non-hydrogen) atoms. The summed E-state index contributed by atoms with van der Waals surface area (Å²) in [5, 5.41) is 21.1. The van der Waals surface area contributed by atoms with E-state index in [-0.39, 0.29) is 24.3 Å². The number of rotatable bonds is 5. The lowest BCUT2D eigenvalue weighted by molar-refractivity contribution is -0.138. The van der Waals surface area contributed by atoms with Crippen LogP contribution in [-0.4, -0.2) is 46.3 Å². The fraction of sp³-hybridized carbons (Fsp3) is 0.267. The highest BCUT2D eigenvalue weighted by molar-refractivity contribution is 8.15. The predicted octanol–water partition coefficient (Wildman–Crippen LogP) is 0.770. The van der Waals surface area contributed by atoms with Crippen LogP contribution in [0, 0.1) is 0 Å². The lowest BCUT2D eigenvalue weighted by Gasteiger charge is -2.07. The molecule has 0 bridgehead atoms. The Kier molecular flexibility index (Phi) is 5.07. The van der Waals surface area contributed by atoms with Crippen molar-refractivity contribution in [2.45, 2.75) is 18.6 Å². The van der Waals surface area contributed by atoms with Gasteiger partial charge in [-0.1, -0.05) is 11.8 Å². The first kappa shape index (κ1) is 17.7. The second-order valence-corrected chi connectivity index (χ2v) is 6.51. The quantitative estimate of drug-likeness (QED) is 0.508. The number of carboxylic acids is 1. The van der Waals surface area contributed by atoms with Crippen molar-refractivity contribution in [3.63, 3.8) is 0 Å². The van der Waals surface area contributed by atoms with E-state index in [4.69, 9.17) is 14.6 Å². The van der Waals surface area contributed by atoms with E-state index < -0.39 is 17.1 Å². The number of thioether (sulfide) groups is 1. The van der Waals surface area contributed by atoms with Crippen LogP contribution in [0.15, 0.2) is 22.3 Å². The standard InChI is InChI=1S/C15H14N4O6S/c1-7(20)17-9-3-11-10(24-6-25-11)2-8(9)5-16-19-15-18-14(23)12(26-15)4-13(21)22/h2-3,5,12H,4,6H2,1H3,(H,17,20)(H,21,22)(H,18,19,23). The monoisotopic (exact) mass is 378 g/mol. The Balaban J connectivity index is 1.77. The number of amides is 2. The van der Waals surface area contributed by atoms with E-state index in [1.807, 2.05) is 0 Å². The number of anilines is 1. The Morgan fingerprint density at radius 3 is 2.85 bits per heavy atom. The van der Waals surface area contributed by atoms with E-state index in [1.165, 1.54) is 13.1 Å². The van der Waals surface area contributed by atoms with Gasteiger partial charge in [-0.15, -0.1) is 5.10 Å². The summed E-state index contributed by atoms with van der Waals surface area (Å²) in [5.74, 6) is -0.735. The zero-order chi connectivity index (χ0) is 18.7. The Bertz CT molecular complexity index is 838. The number of carbonyl (C=O) groups is 3. The lowest BCUT2D eigenvalue weighted by Crippen LogP contribution is -2.26. The minimum atomic E-state index is -1.07. The smallest absolute Gasteiger partial charge is 0.305 e. The molecule has 0 radical (unpaired) electrons. The number of hydrogen-bond donors (Lipinski definition) is 3. The summed E-state index contributed by atoms with van der Waals surface area (Å²) in [6.07, 6.45) is 1.09. The summed E-state index contributed by atoms with van der Waals surface area (Å²) in [4.78, 5) is 33.7. The Labute approximate surface area is 151 Å². The van der Waals surface area contributed by atoms with Gasteiger partial charge in [0.2, 0.25) is 18.6 Å². The van der Waals surface area contributed by atoms with Crippen LogP contribution < -0.4 is 20.1 Å². The molecule has 1 aromatic carbocycles. The Morgan fingerprint density at radius 2 is 2.15 bits per heavy atom. The van der Waals surface area contributed by atoms with Gasteiger partial charge in [-0.2, -0.15) is 5.10 Å². The number of ether oxygens (including phenoxy) is 2. The highest BCUT2D eigenvalue weighted by Gasteiger charge is 2.32. The number of carbonyl (C=O) groups excluding carboxylic acids is 2. The molecule has 1 atom stereocenters. The van der Waals surface area contributed by atoms with Crippen LogP contribution in [0.5, 0.6) is 11.5 Å². The first-order valence-corrected chi connectivity index (χ1v) is 8.32. The van der Waals surface area contributed by atoms with Gasteiger partial charge in [-0.3, -0.25) is 14.4 Å². The number of hydrogen-bond acceptors (Lipinski definition) is 8. The van der Waals surface area contributed by atoms with Crippen LogP contribution in [0.2, 0.25) is 0 Å². The average Bonchev–Trinajstić information content (AvgIpc) is 3.13. The molecule has 0 saturated carbocycles. The Hall–Kier alpha value is -3.08. The molecule has 1 fully saturated rings. The third-order valence-corrected chi connectivity index (χ3v) is 4.41. The molecule has 3 rings (SSSR count). The average molecular weight is 378 g/mol. The van der Waals surface area contributed by atoms with Crippen molar-refractivity contribution in [1.82, 2.24) is 5.32 Å². The van der Waals surface area contributed by atoms with Crippen molar-refractivity contribution < 1.29 is 29.0 Å². The Morgan fingerprint density at radius 1 is 1.42 bits per heavy atom. The number of benzene rings is 1. The summed E-state index contributed by atoms with van der Waals surface area (Å²) < 4.78 is 10.6. The van der Waals surface area contributed by atoms with Crippen molar-refractivity contribution in [2.24, 2.45) is 10.2 Å². The van der Waals surface area contributed by atoms with Crippen molar-refractivity contribution in [2.75, 3.05) is 12.1 Å². The number of aliphatic carboxylic acids is 1. The molecule has 136 valence electrons. The number of amidine groups is 1. The molecular formula is C15H14N4O6S. The highest BCUT2D eigenvalue weighted by atomic mass is 32.2. The van der Waals surface area contributed by atoms with Crippen molar-refractivity contribution in [3.8, 4) is 11.5 Å². The SMILES string of the molecule is CC(=O)Nc1cc2c(cc1C=NN=C1NC(=O)C(CC(=O)O)S1)OCO2. The summed E-state index contributed by atoms with van der Waals surface area (Å²) in [6.45, 7) is 1.46. The summed E-state index contributed by atoms with van der Waals surface area (Å²) >= 11 is 0.998. The van der Waals surface area contributed by atoms with E-state index in [0.29, 0.717) is 22.7 Å². The maximum absolute atomic E-state index is 11.7. The van der Waals surface area contributed by atoms with Gasteiger partial charge in [0.25, 0.3) is 0 Å². The fourth-order valence-corrected chi connectivity index (χ4v) is 3.17. The zero-order valence-electron chi connectivity index (χ0n) is 13.5. The molecule has 2 aliphatic heterocycles. The summed E-state index contributed by atoms with van der Waals surface area (Å²) in [7, 11) is 0. The zero-order valence-corrected chi connectivity index (χ0v) is 14.3. The molecule has 1 saturated heterocycles. The van der Waals surface area contributed by atoms with E-state index in [1.54, 1.807) is 12.1 Å². The molecule has 3 N–H and O–H groups in total. The number of fused-ring (bicyclic) bond motifs is 1. The highest BCUT2D eigenvalue weighted by Crippen LogP contribution is 2.36. The minimum absolute atomic E-state index is 0.0887. The van der Waals surface area contributed by atoms with Crippen LogP contribution in [0.1, 0.15) is 18.9 Å². The van der Waals surface area contributed by atoms with Crippen LogP contribution >= 0.6 is 11.8 Å². The van der Waals surface area contributed by atoms with E-state index in [9.17, 15) is 14.4 Å². The molecule has 0 spiro atoms. The molecule has 11 heteroatoms. The fourth-order valence-electron chi connectivity index (χ4n) is 2.25. The van der Waals surface area contributed by atoms with E-state index in [2.05, 4.69) is 20.8 Å². The van der Waals surface area contributed by atoms with Crippen LogP contribution in [-0.2, 0) is 14.4 Å². The number of nitrogens with zero attached hydrogens (tertiary/aromatic N) is 2. The van der Waals surface area contributed by atoms with E-state index >= 15 is 0 Å². The van der Waals surface area contributed by atoms with Crippen molar-refractivity contribution in [3.05, 3.63) is 17.7 Å². The van der Waals surface area contributed by atoms with Crippen LogP contribution in [0.25, 0.3) is 0 Å². The molecule has 2 heterocycles. The molecule has 2 amide bonds. The van der Waals surface area contributed by atoms with Gasteiger partial charge in [0.1, 0.15) is 5.25 Å². The normalized spacial score (nSPS) is 19.8. The van der Waals surface area contributed by atoms with Gasteiger partial charge < -0.3 is 25.2 Å². The molecule has 1 unspecified atom stereocenters. The van der Waals surface area contributed by atoms with Crippen molar-refractivity contribution >= 4 is 46.6 Å². The number of carboxylic acid groups (broad SMARTS) is 1. The maximum Gasteiger partial charge on any atom is 0.305 e. The molecule has 1 aromatic rings. The maximum atomic E-state index is 11.7. The minimum Gasteiger partial charge on any atom is -0.481 e. The largest absolute Gasteiger partial charge is 0.481 e. The van der Waals surface area contributed by atoms with Gasteiger partial charge in [0.15, 0.2) is 16.7 Å². The molecule has 0 aliphatic carbocycles. The second kappa shape index (κ2) is 7.44. The van der Waals surface area contributed by atoms with Gasteiger partial charge in [-0.05, 0) is 6.07 Å². The summed E-state index contributed by atoms with van der Waals surface area (Å²) in [5.41, 5.74) is 1.00. The van der Waals surface area contributed by atoms with Crippen LogP contribution in [0.4, 0.5) is 5.69 Å². The molecule has 10 nitrogen and oxygen atoms in total.